The lowest BCUT2D eigenvalue weighted by Crippen LogP contribution is -3.00. The number of quaternary nitrogens is 1. The van der Waals surface area contributed by atoms with Gasteiger partial charge in [-0.05, 0) is 52.4 Å². The molecular formula is C24H54BrNSi. The van der Waals surface area contributed by atoms with E-state index in [2.05, 4.69) is 48.5 Å². The molecule has 0 radical (unpaired) electrons. The lowest BCUT2D eigenvalue weighted by Gasteiger charge is -2.45. The Morgan fingerprint density at radius 1 is 0.630 bits per heavy atom. The maximum atomic E-state index is 2.45. The maximum absolute atomic E-state index is 2.45. The fourth-order valence-electron chi connectivity index (χ4n) is 4.26. The van der Waals surface area contributed by atoms with Crippen molar-refractivity contribution in [3.05, 3.63) is 0 Å². The van der Waals surface area contributed by atoms with E-state index in [9.17, 15) is 0 Å². The van der Waals surface area contributed by atoms with E-state index in [-0.39, 0.29) is 17.0 Å². The zero-order valence-corrected chi connectivity index (χ0v) is 23.9. The second-order valence-corrected chi connectivity index (χ2v) is 11.7. The van der Waals surface area contributed by atoms with Crippen LogP contribution in [0.4, 0.5) is 0 Å². The molecule has 3 heteroatoms. The highest BCUT2D eigenvalue weighted by Gasteiger charge is 2.29. The van der Waals surface area contributed by atoms with Crippen LogP contribution in [0, 0.1) is 11.8 Å². The summed E-state index contributed by atoms with van der Waals surface area (Å²) >= 11 is 0. The van der Waals surface area contributed by atoms with Gasteiger partial charge in [0.2, 0.25) is 10.4 Å². The largest absolute Gasteiger partial charge is 1.00 e. The Morgan fingerprint density at radius 3 is 1.41 bits per heavy atom. The third kappa shape index (κ3) is 13.5. The van der Waals surface area contributed by atoms with Gasteiger partial charge in [-0.3, -0.25) is 0 Å². The van der Waals surface area contributed by atoms with Gasteiger partial charge in [-0.2, -0.15) is 0 Å². The smallest absolute Gasteiger partial charge is 0.239 e. The summed E-state index contributed by atoms with van der Waals surface area (Å²) in [5.41, 5.74) is 0. The van der Waals surface area contributed by atoms with E-state index in [0.717, 1.165) is 23.9 Å². The summed E-state index contributed by atoms with van der Waals surface area (Å²) in [7, 11) is 1.28. The minimum absolute atomic E-state index is 0. The molecule has 27 heavy (non-hydrogen) atoms. The maximum Gasteiger partial charge on any atom is 0.239 e. The summed E-state index contributed by atoms with van der Waals surface area (Å²) in [4.78, 5) is 0. The number of hydrogen-bond acceptors (Lipinski definition) is 0. The van der Waals surface area contributed by atoms with Crippen molar-refractivity contribution in [3.8, 4) is 0 Å². The van der Waals surface area contributed by atoms with Crippen molar-refractivity contribution in [2.24, 2.45) is 11.8 Å². The zero-order chi connectivity index (χ0) is 20.0. The Balaban J connectivity index is 0. The molecule has 0 aromatic rings. The summed E-state index contributed by atoms with van der Waals surface area (Å²) in [5, 5.41) is 0. The first-order valence-electron chi connectivity index (χ1n) is 12.1. The van der Waals surface area contributed by atoms with Crippen LogP contribution in [0.1, 0.15) is 126 Å². The number of rotatable bonds is 17. The first-order valence-corrected chi connectivity index (χ1v) is 13.0. The van der Waals surface area contributed by atoms with Gasteiger partial charge in [0.25, 0.3) is 0 Å². The van der Waals surface area contributed by atoms with Crippen molar-refractivity contribution in [2.45, 2.75) is 138 Å². The highest BCUT2D eigenvalue weighted by molar-refractivity contribution is 5.97. The molecule has 0 aromatic heterocycles. The molecular weight excluding hydrogens is 410 g/mol. The lowest BCUT2D eigenvalue weighted by molar-refractivity contribution is -0.862. The van der Waals surface area contributed by atoms with Crippen LogP contribution in [0.15, 0.2) is 0 Å². The van der Waals surface area contributed by atoms with Crippen LogP contribution in [0.5, 0.6) is 0 Å². The molecule has 0 amide bonds. The predicted octanol–water partition coefficient (Wildman–Crippen LogP) is 3.88. The van der Waals surface area contributed by atoms with Gasteiger partial charge < -0.3 is 21.1 Å². The average molecular weight is 465 g/mol. The van der Waals surface area contributed by atoms with Crippen LogP contribution >= 0.6 is 0 Å². The molecule has 0 heterocycles. The van der Waals surface area contributed by atoms with Gasteiger partial charge in [-0.15, -0.1) is 0 Å². The van der Waals surface area contributed by atoms with Crippen molar-refractivity contribution in [2.75, 3.05) is 6.54 Å². The van der Waals surface area contributed by atoms with E-state index in [0.29, 0.717) is 0 Å². The molecule has 0 aliphatic rings. The summed E-state index contributed by atoms with van der Waals surface area (Å²) in [5.74, 6) is 1.79. The van der Waals surface area contributed by atoms with Gasteiger partial charge in [0.1, 0.15) is 0 Å². The summed E-state index contributed by atoms with van der Waals surface area (Å²) in [6.45, 7) is 18.3. The van der Waals surface area contributed by atoms with E-state index < -0.39 is 0 Å². The van der Waals surface area contributed by atoms with Gasteiger partial charge in [-0.1, -0.05) is 85.0 Å². The van der Waals surface area contributed by atoms with Gasteiger partial charge in [0.05, 0.1) is 18.6 Å². The molecule has 166 valence electrons. The standard InChI is InChI=1S/C24H54NSi.BrH/c1-8-9-10-11-12-13-14-15-16-17-18-24(21(2)3)19-20-25(26,22(4)5)23(6)7;/h21-24H,8-20H2,1-7,26H3;1H/q+1;/p-1. The van der Waals surface area contributed by atoms with Crippen molar-refractivity contribution in [3.63, 3.8) is 0 Å². The van der Waals surface area contributed by atoms with Crippen molar-refractivity contribution in [1.82, 2.24) is 0 Å². The minimum Gasteiger partial charge on any atom is -1.00 e. The molecule has 0 aliphatic carbocycles. The van der Waals surface area contributed by atoms with E-state index in [1.54, 1.807) is 0 Å². The van der Waals surface area contributed by atoms with E-state index in [1.165, 1.54) is 98.1 Å². The summed E-state index contributed by atoms with van der Waals surface area (Å²) in [6.07, 6.45) is 17.4. The normalized spacial score (nSPS) is 13.6. The predicted molar refractivity (Wildman–Crippen MR) is 125 cm³/mol. The molecule has 0 spiro atoms. The molecule has 1 nitrogen and oxygen atoms in total. The highest BCUT2D eigenvalue weighted by Crippen LogP contribution is 2.26. The first kappa shape index (κ1) is 29.9. The van der Waals surface area contributed by atoms with E-state index in [1.807, 2.05) is 0 Å². The Morgan fingerprint density at radius 2 is 1.04 bits per heavy atom. The van der Waals surface area contributed by atoms with Gasteiger partial charge in [-0.25, -0.2) is 0 Å². The van der Waals surface area contributed by atoms with E-state index in [4.69, 9.17) is 0 Å². The number of halogens is 1. The SMILES string of the molecule is CCCCCCCCCCCCC(CC[N+]([SiH3])(C(C)C)C(C)C)C(C)C.[Br-]. The average Bonchev–Trinajstić information content (AvgIpc) is 2.57. The monoisotopic (exact) mass is 463 g/mol. The van der Waals surface area contributed by atoms with Crippen LogP contribution < -0.4 is 17.0 Å². The Bertz CT molecular complexity index is 310. The summed E-state index contributed by atoms with van der Waals surface area (Å²) < 4.78 is 1.36. The third-order valence-corrected chi connectivity index (χ3v) is 9.73. The summed E-state index contributed by atoms with van der Waals surface area (Å²) in [6, 6.07) is 1.57. The molecule has 0 aromatic carbocycles. The quantitative estimate of drug-likeness (QED) is 0.226. The Labute approximate surface area is 187 Å². The van der Waals surface area contributed by atoms with Crippen molar-refractivity contribution >= 4 is 10.4 Å². The second kappa shape index (κ2) is 17.5. The third-order valence-electron chi connectivity index (χ3n) is 7.21. The second-order valence-electron chi connectivity index (χ2n) is 10.0. The highest BCUT2D eigenvalue weighted by atomic mass is 79.9. The van der Waals surface area contributed by atoms with Crippen LogP contribution in [-0.2, 0) is 0 Å². The van der Waals surface area contributed by atoms with E-state index >= 15 is 0 Å². The topological polar surface area (TPSA) is 0 Å². The minimum atomic E-state index is 0. The molecule has 0 N–H and O–H groups in total. The zero-order valence-electron chi connectivity index (χ0n) is 20.3. The fourth-order valence-corrected chi connectivity index (χ4v) is 4.52. The fraction of sp³-hybridized carbons (Fsp3) is 1.00. The number of nitrogens with zero attached hydrogens (tertiary/aromatic N) is 1. The van der Waals surface area contributed by atoms with Crippen LogP contribution in [0.2, 0.25) is 0 Å². The molecule has 0 rings (SSSR count). The van der Waals surface area contributed by atoms with Crippen molar-refractivity contribution in [1.29, 1.82) is 0 Å². The molecule has 1 atom stereocenters. The number of unbranched alkanes of at least 4 members (excludes halogenated alkanes) is 9. The van der Waals surface area contributed by atoms with Gasteiger partial charge in [0, 0.05) is 0 Å². The van der Waals surface area contributed by atoms with Gasteiger partial charge >= 0.3 is 0 Å². The lowest BCUT2D eigenvalue weighted by atomic mass is 9.87. The molecule has 0 saturated heterocycles. The molecule has 0 aliphatic heterocycles. The molecule has 1 unspecified atom stereocenters. The van der Waals surface area contributed by atoms with Crippen molar-refractivity contribution < 1.29 is 21.1 Å². The Kier molecular flexibility index (Phi) is 19.4. The first-order chi connectivity index (χ1) is 12.3. The number of hydrogen-bond donors (Lipinski definition) is 0. The van der Waals surface area contributed by atoms with Gasteiger partial charge in [0.15, 0.2) is 0 Å². The van der Waals surface area contributed by atoms with Crippen LogP contribution in [0.25, 0.3) is 0 Å². The molecule has 0 bridgehead atoms. The molecule has 0 saturated carbocycles. The molecule has 0 fully saturated rings. The Hall–Kier alpha value is 0.657. The van der Waals surface area contributed by atoms with Crippen LogP contribution in [-0.4, -0.2) is 33.2 Å². The van der Waals surface area contributed by atoms with Crippen LogP contribution in [0.3, 0.4) is 0 Å².